The highest BCUT2D eigenvalue weighted by Gasteiger charge is 2.03. The van der Waals surface area contributed by atoms with Crippen LogP contribution in [0.2, 0.25) is 0 Å². The molecule has 0 atom stereocenters. The summed E-state index contributed by atoms with van der Waals surface area (Å²) < 4.78 is 11.1. The van der Waals surface area contributed by atoms with E-state index in [4.69, 9.17) is 9.15 Å². The summed E-state index contributed by atoms with van der Waals surface area (Å²) in [6.07, 6.45) is 4.24. The number of ether oxygens (including phenoxy) is 1. The molecule has 3 aromatic rings. The summed E-state index contributed by atoms with van der Waals surface area (Å²) in [4.78, 5) is 8.51. The van der Waals surface area contributed by atoms with Gasteiger partial charge >= 0.3 is 0 Å². The zero-order valence-electron chi connectivity index (χ0n) is 15.4. The standard InChI is InChI=1S/C21H24N4O2/c1-22-21(24-12-10-19-8-5-13-26-19)25-15-18-9-11-23-20(14-18)27-16-17-6-3-2-4-7-17/h2-9,11,13-14H,10,12,15-16H2,1H3,(H2,22,24,25). The molecule has 0 unspecified atom stereocenters. The van der Waals surface area contributed by atoms with Gasteiger partial charge in [0.1, 0.15) is 12.4 Å². The third-order valence-electron chi connectivity index (χ3n) is 3.96. The lowest BCUT2D eigenvalue weighted by atomic mass is 10.2. The van der Waals surface area contributed by atoms with Crippen LogP contribution in [-0.4, -0.2) is 24.5 Å². The molecule has 0 aliphatic carbocycles. The van der Waals surface area contributed by atoms with Crippen molar-refractivity contribution in [3.63, 3.8) is 0 Å². The highest BCUT2D eigenvalue weighted by molar-refractivity contribution is 5.79. The Hall–Kier alpha value is -3.28. The van der Waals surface area contributed by atoms with Gasteiger partial charge in [0.15, 0.2) is 5.96 Å². The summed E-state index contributed by atoms with van der Waals surface area (Å²) in [5, 5.41) is 6.56. The van der Waals surface area contributed by atoms with Gasteiger partial charge in [0.25, 0.3) is 0 Å². The molecule has 0 fully saturated rings. The number of furan rings is 1. The molecule has 6 heteroatoms. The number of benzene rings is 1. The largest absolute Gasteiger partial charge is 0.473 e. The minimum atomic E-state index is 0.501. The van der Waals surface area contributed by atoms with E-state index < -0.39 is 0 Å². The smallest absolute Gasteiger partial charge is 0.213 e. The normalized spacial score (nSPS) is 11.2. The fraction of sp³-hybridized carbons (Fsp3) is 0.238. The molecule has 140 valence electrons. The molecule has 6 nitrogen and oxygen atoms in total. The molecule has 3 rings (SSSR count). The predicted octanol–water partition coefficient (Wildman–Crippen LogP) is 3.16. The summed E-state index contributed by atoms with van der Waals surface area (Å²) in [6, 6.07) is 17.8. The number of guanidine groups is 1. The van der Waals surface area contributed by atoms with Gasteiger partial charge in [-0.2, -0.15) is 0 Å². The quantitative estimate of drug-likeness (QED) is 0.475. The van der Waals surface area contributed by atoms with Crippen molar-refractivity contribution in [1.82, 2.24) is 15.6 Å². The Balaban J connectivity index is 1.45. The van der Waals surface area contributed by atoms with Gasteiger partial charge in [0.2, 0.25) is 5.88 Å². The summed E-state index contributed by atoms with van der Waals surface area (Å²) >= 11 is 0. The third-order valence-corrected chi connectivity index (χ3v) is 3.96. The Morgan fingerprint density at radius 1 is 1.07 bits per heavy atom. The van der Waals surface area contributed by atoms with Crippen LogP contribution in [0.3, 0.4) is 0 Å². The van der Waals surface area contributed by atoms with Crippen LogP contribution in [0.1, 0.15) is 16.9 Å². The fourth-order valence-corrected chi connectivity index (χ4v) is 2.54. The molecule has 0 saturated heterocycles. The number of pyridine rings is 1. The van der Waals surface area contributed by atoms with Gasteiger partial charge in [-0.3, -0.25) is 4.99 Å². The first-order valence-electron chi connectivity index (χ1n) is 8.92. The molecule has 0 amide bonds. The van der Waals surface area contributed by atoms with Crippen LogP contribution in [0.5, 0.6) is 5.88 Å². The van der Waals surface area contributed by atoms with E-state index in [0.29, 0.717) is 19.0 Å². The van der Waals surface area contributed by atoms with Crippen LogP contribution < -0.4 is 15.4 Å². The first-order valence-corrected chi connectivity index (χ1v) is 8.92. The maximum Gasteiger partial charge on any atom is 0.213 e. The van der Waals surface area contributed by atoms with Gasteiger partial charge in [-0.25, -0.2) is 4.98 Å². The second-order valence-corrected chi connectivity index (χ2v) is 5.96. The van der Waals surface area contributed by atoms with Crippen molar-refractivity contribution in [2.45, 2.75) is 19.6 Å². The van der Waals surface area contributed by atoms with Crippen molar-refractivity contribution in [1.29, 1.82) is 0 Å². The van der Waals surface area contributed by atoms with Gasteiger partial charge in [-0.15, -0.1) is 0 Å². The molecule has 0 radical (unpaired) electrons. The van der Waals surface area contributed by atoms with Crippen LogP contribution in [0, 0.1) is 0 Å². The summed E-state index contributed by atoms with van der Waals surface area (Å²) in [7, 11) is 1.75. The molecule has 2 aromatic heterocycles. The van der Waals surface area contributed by atoms with E-state index in [1.807, 2.05) is 54.6 Å². The van der Waals surface area contributed by atoms with Gasteiger partial charge in [-0.1, -0.05) is 30.3 Å². The molecule has 0 spiro atoms. The zero-order chi connectivity index (χ0) is 18.7. The molecule has 2 heterocycles. The molecule has 27 heavy (non-hydrogen) atoms. The summed E-state index contributed by atoms with van der Waals surface area (Å²) in [5.41, 5.74) is 2.19. The number of rotatable bonds is 8. The Morgan fingerprint density at radius 3 is 2.74 bits per heavy atom. The Kier molecular flexibility index (Phi) is 6.86. The van der Waals surface area contributed by atoms with Crippen LogP contribution in [0.25, 0.3) is 0 Å². The Labute approximate surface area is 159 Å². The van der Waals surface area contributed by atoms with E-state index in [0.717, 1.165) is 35.8 Å². The maximum atomic E-state index is 5.78. The van der Waals surface area contributed by atoms with Gasteiger partial charge in [0, 0.05) is 38.8 Å². The SMILES string of the molecule is CN=C(NCCc1ccco1)NCc1ccnc(OCc2ccccc2)c1. The lowest BCUT2D eigenvalue weighted by Crippen LogP contribution is -2.37. The first-order chi connectivity index (χ1) is 13.3. The fourth-order valence-electron chi connectivity index (χ4n) is 2.54. The summed E-state index contributed by atoms with van der Waals surface area (Å²) in [6.45, 7) is 1.88. The van der Waals surface area contributed by atoms with Crippen LogP contribution in [0.4, 0.5) is 0 Å². The molecule has 2 N–H and O–H groups in total. The van der Waals surface area contributed by atoms with E-state index in [1.165, 1.54) is 0 Å². The van der Waals surface area contributed by atoms with Gasteiger partial charge < -0.3 is 19.8 Å². The number of nitrogens with one attached hydrogen (secondary N) is 2. The highest BCUT2D eigenvalue weighted by atomic mass is 16.5. The topological polar surface area (TPSA) is 71.7 Å². The van der Waals surface area contributed by atoms with E-state index in [9.17, 15) is 0 Å². The number of hydrogen-bond donors (Lipinski definition) is 2. The van der Waals surface area contributed by atoms with Crippen LogP contribution >= 0.6 is 0 Å². The minimum absolute atomic E-state index is 0.501. The average molecular weight is 364 g/mol. The third kappa shape index (κ3) is 6.18. The lowest BCUT2D eigenvalue weighted by Gasteiger charge is -2.12. The lowest BCUT2D eigenvalue weighted by molar-refractivity contribution is 0.293. The van der Waals surface area contributed by atoms with Crippen LogP contribution in [0.15, 0.2) is 76.5 Å². The predicted molar refractivity (Wildman–Crippen MR) is 106 cm³/mol. The van der Waals surface area contributed by atoms with Crippen molar-refractivity contribution in [2.24, 2.45) is 4.99 Å². The number of nitrogens with zero attached hydrogens (tertiary/aromatic N) is 2. The molecular formula is C21H24N4O2. The highest BCUT2D eigenvalue weighted by Crippen LogP contribution is 2.11. The van der Waals surface area contributed by atoms with Crippen molar-refractivity contribution in [3.8, 4) is 5.88 Å². The van der Waals surface area contributed by atoms with E-state index in [2.05, 4.69) is 20.6 Å². The number of aliphatic imine (C=N–C) groups is 1. The van der Waals surface area contributed by atoms with Crippen molar-refractivity contribution in [2.75, 3.05) is 13.6 Å². The summed E-state index contributed by atoms with van der Waals surface area (Å²) in [5.74, 6) is 2.30. The van der Waals surface area contributed by atoms with E-state index in [-0.39, 0.29) is 0 Å². The number of hydrogen-bond acceptors (Lipinski definition) is 4. The van der Waals surface area contributed by atoms with E-state index >= 15 is 0 Å². The van der Waals surface area contributed by atoms with Crippen LogP contribution in [-0.2, 0) is 19.6 Å². The van der Waals surface area contributed by atoms with Crippen molar-refractivity contribution < 1.29 is 9.15 Å². The van der Waals surface area contributed by atoms with Crippen molar-refractivity contribution in [3.05, 3.63) is 83.9 Å². The second-order valence-electron chi connectivity index (χ2n) is 5.96. The van der Waals surface area contributed by atoms with Gasteiger partial charge in [0.05, 0.1) is 6.26 Å². The number of aromatic nitrogens is 1. The maximum absolute atomic E-state index is 5.78. The second kappa shape index (κ2) is 10.0. The molecule has 0 aliphatic rings. The first kappa shape index (κ1) is 18.5. The monoisotopic (exact) mass is 364 g/mol. The molecule has 0 bridgehead atoms. The van der Waals surface area contributed by atoms with E-state index in [1.54, 1.807) is 19.5 Å². The Bertz CT molecular complexity index is 832. The average Bonchev–Trinajstić information content (AvgIpc) is 3.23. The molecule has 0 saturated carbocycles. The molecule has 1 aromatic carbocycles. The Morgan fingerprint density at radius 2 is 1.96 bits per heavy atom. The molecule has 0 aliphatic heterocycles. The zero-order valence-corrected chi connectivity index (χ0v) is 15.4. The minimum Gasteiger partial charge on any atom is -0.473 e. The molecular weight excluding hydrogens is 340 g/mol. The van der Waals surface area contributed by atoms with Gasteiger partial charge in [-0.05, 0) is 29.3 Å². The van der Waals surface area contributed by atoms with Crippen molar-refractivity contribution >= 4 is 5.96 Å².